The quantitative estimate of drug-likeness (QED) is 0.859. The van der Waals surface area contributed by atoms with Crippen molar-refractivity contribution in [1.29, 1.82) is 0 Å². The van der Waals surface area contributed by atoms with Crippen molar-refractivity contribution in [2.45, 2.75) is 19.4 Å². The van der Waals surface area contributed by atoms with Crippen LogP contribution in [-0.2, 0) is 4.79 Å². The number of hydrogen-bond acceptors (Lipinski definition) is 2. The second kappa shape index (κ2) is 7.34. The van der Waals surface area contributed by atoms with E-state index in [1.165, 1.54) is 0 Å². The highest BCUT2D eigenvalue weighted by Crippen LogP contribution is 2.29. The van der Waals surface area contributed by atoms with Gasteiger partial charge < -0.3 is 10.1 Å². The molecular weight excluding hydrogens is 309 g/mol. The molecule has 2 aromatic rings. The van der Waals surface area contributed by atoms with Gasteiger partial charge in [0.15, 0.2) is 6.10 Å². The molecule has 2 rings (SSSR count). The lowest BCUT2D eigenvalue weighted by Crippen LogP contribution is -2.32. The lowest BCUT2D eigenvalue weighted by Gasteiger charge is -2.17. The van der Waals surface area contributed by atoms with Gasteiger partial charge in [-0.15, -0.1) is 0 Å². The van der Waals surface area contributed by atoms with Gasteiger partial charge in [-0.1, -0.05) is 54.4 Å². The first kappa shape index (κ1) is 15.7. The van der Waals surface area contributed by atoms with Crippen LogP contribution >= 0.6 is 23.2 Å². The van der Waals surface area contributed by atoms with Gasteiger partial charge in [0.1, 0.15) is 5.75 Å². The molecule has 0 bridgehead atoms. The molecular formula is C16H15Cl2NO2. The number of halogens is 2. The number of benzene rings is 2. The molecule has 2 aromatic carbocycles. The van der Waals surface area contributed by atoms with Gasteiger partial charge in [0.05, 0.1) is 15.7 Å². The van der Waals surface area contributed by atoms with E-state index in [2.05, 4.69) is 5.32 Å². The fourth-order valence-corrected chi connectivity index (χ4v) is 2.15. The maximum absolute atomic E-state index is 12.3. The first-order valence-electron chi connectivity index (χ1n) is 6.58. The Morgan fingerprint density at radius 2 is 1.86 bits per heavy atom. The van der Waals surface area contributed by atoms with Crippen LogP contribution in [0.5, 0.6) is 5.75 Å². The number of ether oxygens (including phenoxy) is 1. The largest absolute Gasteiger partial charge is 0.481 e. The van der Waals surface area contributed by atoms with Crippen LogP contribution in [0.15, 0.2) is 48.5 Å². The predicted molar refractivity (Wildman–Crippen MR) is 86.2 cm³/mol. The number of carbonyl (C=O) groups is 1. The number of amides is 1. The third-order valence-electron chi connectivity index (χ3n) is 2.89. The highest BCUT2D eigenvalue weighted by molar-refractivity contribution is 6.44. The van der Waals surface area contributed by atoms with Crippen molar-refractivity contribution in [3.8, 4) is 5.75 Å². The summed E-state index contributed by atoms with van der Waals surface area (Å²) in [6.45, 7) is 1.88. The van der Waals surface area contributed by atoms with Crippen molar-refractivity contribution in [2.24, 2.45) is 0 Å². The van der Waals surface area contributed by atoms with Gasteiger partial charge in [0.25, 0.3) is 5.91 Å². The van der Waals surface area contributed by atoms with Crippen LogP contribution in [0, 0.1) is 0 Å². The van der Waals surface area contributed by atoms with Crippen molar-refractivity contribution in [3.63, 3.8) is 0 Å². The van der Waals surface area contributed by atoms with E-state index in [0.29, 0.717) is 27.9 Å². The molecule has 110 valence electrons. The number of para-hydroxylation sites is 1. The molecule has 1 N–H and O–H groups in total. The topological polar surface area (TPSA) is 38.3 Å². The number of carbonyl (C=O) groups excluding carboxylic acids is 1. The molecule has 0 aliphatic rings. The Balaban J connectivity index is 2.08. The predicted octanol–water partition coefficient (Wildman–Crippen LogP) is 4.79. The summed E-state index contributed by atoms with van der Waals surface area (Å²) in [5, 5.41) is 3.46. The molecule has 0 saturated heterocycles. The number of anilines is 1. The molecule has 0 aliphatic heterocycles. The van der Waals surface area contributed by atoms with Gasteiger partial charge in [-0.2, -0.15) is 0 Å². The average molecular weight is 324 g/mol. The lowest BCUT2D eigenvalue weighted by atomic mass is 10.2. The second-order valence-electron chi connectivity index (χ2n) is 4.42. The van der Waals surface area contributed by atoms with Gasteiger partial charge in [0.2, 0.25) is 0 Å². The minimum absolute atomic E-state index is 0.259. The van der Waals surface area contributed by atoms with Gasteiger partial charge in [-0.25, -0.2) is 0 Å². The summed E-state index contributed by atoms with van der Waals surface area (Å²) in [5.74, 6) is 0.391. The molecule has 0 spiro atoms. The summed E-state index contributed by atoms with van der Waals surface area (Å²) in [7, 11) is 0. The second-order valence-corrected chi connectivity index (χ2v) is 5.20. The van der Waals surface area contributed by atoms with Gasteiger partial charge in [-0.3, -0.25) is 4.79 Å². The van der Waals surface area contributed by atoms with E-state index >= 15 is 0 Å². The van der Waals surface area contributed by atoms with Crippen LogP contribution in [0.1, 0.15) is 13.3 Å². The molecule has 0 heterocycles. The fraction of sp³-hybridized carbons (Fsp3) is 0.188. The van der Waals surface area contributed by atoms with E-state index < -0.39 is 6.10 Å². The maximum atomic E-state index is 12.3. The Hall–Kier alpha value is -1.71. The minimum atomic E-state index is -0.595. The Morgan fingerprint density at radius 3 is 2.52 bits per heavy atom. The van der Waals surface area contributed by atoms with Gasteiger partial charge >= 0.3 is 0 Å². The third kappa shape index (κ3) is 4.13. The third-order valence-corrected chi connectivity index (χ3v) is 3.71. The Labute approximate surface area is 133 Å². The van der Waals surface area contributed by atoms with E-state index in [9.17, 15) is 4.79 Å². The monoisotopic (exact) mass is 323 g/mol. The van der Waals surface area contributed by atoms with Crippen molar-refractivity contribution in [2.75, 3.05) is 5.32 Å². The molecule has 1 amide bonds. The van der Waals surface area contributed by atoms with Crippen LogP contribution < -0.4 is 10.1 Å². The van der Waals surface area contributed by atoms with Crippen LogP contribution in [0.4, 0.5) is 5.69 Å². The normalized spacial score (nSPS) is 11.8. The molecule has 0 unspecified atom stereocenters. The molecule has 1 atom stereocenters. The molecule has 0 saturated carbocycles. The molecule has 0 aliphatic carbocycles. The van der Waals surface area contributed by atoms with Crippen LogP contribution in [0.3, 0.4) is 0 Å². The molecule has 21 heavy (non-hydrogen) atoms. The Bertz CT molecular complexity index is 617. The van der Waals surface area contributed by atoms with E-state index in [4.69, 9.17) is 27.9 Å². The molecule has 3 nitrogen and oxygen atoms in total. The zero-order chi connectivity index (χ0) is 15.2. The number of hydrogen-bond donors (Lipinski definition) is 1. The van der Waals surface area contributed by atoms with Crippen molar-refractivity contribution >= 4 is 34.8 Å². The Kier molecular flexibility index (Phi) is 5.48. The van der Waals surface area contributed by atoms with Crippen LogP contribution in [-0.4, -0.2) is 12.0 Å². The van der Waals surface area contributed by atoms with Crippen LogP contribution in [0.2, 0.25) is 10.0 Å². The molecule has 0 aromatic heterocycles. The van der Waals surface area contributed by atoms with Gasteiger partial charge in [0, 0.05) is 0 Å². The summed E-state index contributed by atoms with van der Waals surface area (Å²) in [6, 6.07) is 14.3. The molecule has 0 radical (unpaired) electrons. The molecule has 5 heteroatoms. The van der Waals surface area contributed by atoms with Crippen molar-refractivity contribution in [1.82, 2.24) is 0 Å². The Morgan fingerprint density at radius 1 is 1.14 bits per heavy atom. The maximum Gasteiger partial charge on any atom is 0.265 e. The fourth-order valence-electron chi connectivity index (χ4n) is 1.80. The van der Waals surface area contributed by atoms with Crippen LogP contribution in [0.25, 0.3) is 0 Å². The number of rotatable bonds is 5. The molecule has 0 fully saturated rings. The summed E-state index contributed by atoms with van der Waals surface area (Å²) < 4.78 is 5.68. The zero-order valence-electron chi connectivity index (χ0n) is 11.5. The highest BCUT2D eigenvalue weighted by Gasteiger charge is 2.19. The minimum Gasteiger partial charge on any atom is -0.481 e. The lowest BCUT2D eigenvalue weighted by molar-refractivity contribution is -0.122. The number of nitrogens with one attached hydrogen (secondary N) is 1. The van der Waals surface area contributed by atoms with E-state index in [0.717, 1.165) is 0 Å². The van der Waals surface area contributed by atoms with Crippen molar-refractivity contribution in [3.05, 3.63) is 58.6 Å². The standard InChI is InChI=1S/C16H15Cl2NO2/c1-2-14(21-11-7-4-3-5-8-11)16(20)19-13-10-6-9-12(17)15(13)18/h3-10,14H,2H2,1H3,(H,19,20)/t14-/m0/s1. The SMILES string of the molecule is CC[C@H](Oc1ccccc1)C(=O)Nc1cccc(Cl)c1Cl. The van der Waals surface area contributed by atoms with Crippen molar-refractivity contribution < 1.29 is 9.53 Å². The summed E-state index contributed by atoms with van der Waals surface area (Å²) in [6.07, 6.45) is -0.0544. The summed E-state index contributed by atoms with van der Waals surface area (Å²) in [5.41, 5.74) is 0.476. The highest BCUT2D eigenvalue weighted by atomic mass is 35.5. The smallest absolute Gasteiger partial charge is 0.265 e. The van der Waals surface area contributed by atoms with E-state index in [1.54, 1.807) is 18.2 Å². The first-order valence-corrected chi connectivity index (χ1v) is 7.34. The summed E-state index contributed by atoms with van der Waals surface area (Å²) in [4.78, 5) is 12.3. The first-order chi connectivity index (χ1) is 10.1. The summed E-state index contributed by atoms with van der Waals surface area (Å²) >= 11 is 12.0. The van der Waals surface area contributed by atoms with E-state index in [-0.39, 0.29) is 5.91 Å². The van der Waals surface area contributed by atoms with Gasteiger partial charge in [-0.05, 0) is 30.7 Å². The average Bonchev–Trinajstić information content (AvgIpc) is 2.50. The zero-order valence-corrected chi connectivity index (χ0v) is 13.0. The van der Waals surface area contributed by atoms with E-state index in [1.807, 2.05) is 37.3 Å².